The lowest BCUT2D eigenvalue weighted by molar-refractivity contribution is 0.0934. The number of pyridine rings is 2. The third-order valence-corrected chi connectivity index (χ3v) is 4.64. The second-order valence-electron chi connectivity index (χ2n) is 6.60. The summed E-state index contributed by atoms with van der Waals surface area (Å²) in [7, 11) is 1.55. The van der Waals surface area contributed by atoms with Crippen LogP contribution in [0.15, 0.2) is 35.3 Å². The van der Waals surface area contributed by atoms with Crippen molar-refractivity contribution in [2.24, 2.45) is 0 Å². The van der Waals surface area contributed by atoms with Gasteiger partial charge >= 0.3 is 0 Å². The Balaban J connectivity index is 2.21. The lowest BCUT2D eigenvalue weighted by Crippen LogP contribution is -2.36. The second-order valence-corrected chi connectivity index (χ2v) is 6.60. The molecule has 0 aliphatic heterocycles. The van der Waals surface area contributed by atoms with Gasteiger partial charge in [-0.3, -0.25) is 19.4 Å². The number of amides is 1. The zero-order valence-electron chi connectivity index (χ0n) is 16.2. The Morgan fingerprint density at radius 3 is 2.89 bits per heavy atom. The average Bonchev–Trinajstić information content (AvgIpc) is 2.70. The van der Waals surface area contributed by atoms with Crippen molar-refractivity contribution in [3.8, 4) is 0 Å². The Kier molecular flexibility index (Phi) is 6.20. The third-order valence-electron chi connectivity index (χ3n) is 4.64. The van der Waals surface area contributed by atoms with Gasteiger partial charge in [0.1, 0.15) is 16.8 Å². The zero-order chi connectivity index (χ0) is 20.1. The van der Waals surface area contributed by atoms with E-state index >= 15 is 0 Å². The SMILES string of the molecule is CCCCCn1c(=N)c(C(=O)NCCOC)cc2c(=O)n3ccccc3nc21. The summed E-state index contributed by atoms with van der Waals surface area (Å²) >= 11 is 0. The number of aromatic nitrogens is 3. The van der Waals surface area contributed by atoms with E-state index in [1.54, 1.807) is 30.0 Å². The van der Waals surface area contributed by atoms with Crippen molar-refractivity contribution in [3.05, 3.63) is 51.9 Å². The number of methoxy groups -OCH3 is 1. The van der Waals surface area contributed by atoms with Crippen molar-refractivity contribution >= 4 is 22.6 Å². The molecule has 0 saturated carbocycles. The van der Waals surface area contributed by atoms with Gasteiger partial charge in [-0.1, -0.05) is 25.8 Å². The molecule has 0 spiro atoms. The Bertz CT molecular complexity index is 1120. The van der Waals surface area contributed by atoms with Crippen LogP contribution in [0.4, 0.5) is 0 Å². The van der Waals surface area contributed by atoms with Gasteiger partial charge in [0, 0.05) is 26.4 Å². The summed E-state index contributed by atoms with van der Waals surface area (Å²) in [5, 5.41) is 11.6. The largest absolute Gasteiger partial charge is 0.383 e. The summed E-state index contributed by atoms with van der Waals surface area (Å²) in [5.74, 6) is -0.397. The summed E-state index contributed by atoms with van der Waals surface area (Å²) in [6, 6.07) is 6.81. The first-order valence-corrected chi connectivity index (χ1v) is 9.45. The number of carbonyl (C=O) groups excluding carboxylic acids is 1. The lowest BCUT2D eigenvalue weighted by atomic mass is 10.1. The third kappa shape index (κ3) is 3.82. The first-order valence-electron chi connectivity index (χ1n) is 9.45. The molecule has 0 saturated heterocycles. The van der Waals surface area contributed by atoms with Gasteiger partial charge in [0.2, 0.25) is 0 Å². The molecule has 3 rings (SSSR count). The summed E-state index contributed by atoms with van der Waals surface area (Å²) < 4.78 is 8.08. The number of aryl methyl sites for hydroxylation is 1. The van der Waals surface area contributed by atoms with Crippen LogP contribution in [0.5, 0.6) is 0 Å². The Morgan fingerprint density at radius 1 is 1.32 bits per heavy atom. The van der Waals surface area contributed by atoms with Gasteiger partial charge < -0.3 is 14.6 Å². The van der Waals surface area contributed by atoms with E-state index in [0.29, 0.717) is 36.4 Å². The van der Waals surface area contributed by atoms with Gasteiger partial charge in [-0.05, 0) is 24.6 Å². The normalized spacial score (nSPS) is 11.2. The average molecular weight is 383 g/mol. The molecule has 0 aliphatic rings. The summed E-state index contributed by atoms with van der Waals surface area (Å²) in [6.45, 7) is 3.33. The van der Waals surface area contributed by atoms with Crippen LogP contribution in [0.3, 0.4) is 0 Å². The smallest absolute Gasteiger partial charge is 0.267 e. The number of hydrogen-bond donors (Lipinski definition) is 2. The molecule has 1 amide bonds. The molecular weight excluding hydrogens is 358 g/mol. The quantitative estimate of drug-likeness (QED) is 0.456. The molecule has 3 heterocycles. The highest BCUT2D eigenvalue weighted by Gasteiger charge is 2.17. The van der Waals surface area contributed by atoms with Gasteiger partial charge in [0.15, 0.2) is 0 Å². The second kappa shape index (κ2) is 8.79. The minimum absolute atomic E-state index is 0.0608. The van der Waals surface area contributed by atoms with Crippen molar-refractivity contribution in [2.75, 3.05) is 20.3 Å². The number of rotatable bonds is 8. The van der Waals surface area contributed by atoms with Crippen molar-refractivity contribution < 1.29 is 9.53 Å². The Labute approximate surface area is 162 Å². The fourth-order valence-corrected chi connectivity index (χ4v) is 3.16. The first-order chi connectivity index (χ1) is 13.6. The van der Waals surface area contributed by atoms with E-state index in [1.807, 2.05) is 6.07 Å². The molecule has 3 aromatic rings. The molecule has 0 aromatic carbocycles. The fourth-order valence-electron chi connectivity index (χ4n) is 3.16. The highest BCUT2D eigenvalue weighted by Crippen LogP contribution is 2.11. The van der Waals surface area contributed by atoms with Gasteiger partial charge in [0.05, 0.1) is 17.6 Å². The van der Waals surface area contributed by atoms with Crippen molar-refractivity contribution in [1.29, 1.82) is 5.41 Å². The summed E-state index contributed by atoms with van der Waals surface area (Å²) in [5.41, 5.74) is 0.919. The van der Waals surface area contributed by atoms with Crippen LogP contribution in [0.1, 0.15) is 36.5 Å². The van der Waals surface area contributed by atoms with E-state index in [0.717, 1.165) is 19.3 Å². The van der Waals surface area contributed by atoms with Gasteiger partial charge in [-0.25, -0.2) is 4.98 Å². The topological polar surface area (TPSA) is 101 Å². The standard InChI is InChI=1S/C20H25N5O3/c1-3-4-6-11-25-17(21)14(19(26)22-9-12-28-2)13-15-18(25)23-16-8-5-7-10-24(16)20(15)27/h5,7-8,10,13,21H,3-4,6,9,11-12H2,1-2H3,(H,22,26). The Hall–Kier alpha value is -3.00. The monoisotopic (exact) mass is 383 g/mol. The molecule has 2 N–H and O–H groups in total. The van der Waals surface area contributed by atoms with E-state index in [4.69, 9.17) is 10.1 Å². The van der Waals surface area contributed by atoms with Crippen LogP contribution in [0.2, 0.25) is 0 Å². The lowest BCUT2D eigenvalue weighted by Gasteiger charge is -2.14. The van der Waals surface area contributed by atoms with Crippen LogP contribution < -0.4 is 16.4 Å². The van der Waals surface area contributed by atoms with E-state index in [9.17, 15) is 9.59 Å². The number of ether oxygens (including phenoxy) is 1. The van der Waals surface area contributed by atoms with Crippen LogP contribution in [-0.4, -0.2) is 40.1 Å². The van der Waals surface area contributed by atoms with E-state index < -0.39 is 5.91 Å². The van der Waals surface area contributed by atoms with Crippen LogP contribution in [-0.2, 0) is 11.3 Å². The molecule has 148 valence electrons. The maximum Gasteiger partial charge on any atom is 0.267 e. The molecule has 28 heavy (non-hydrogen) atoms. The molecular formula is C20H25N5O3. The van der Waals surface area contributed by atoms with Crippen molar-refractivity contribution in [1.82, 2.24) is 19.3 Å². The van der Waals surface area contributed by atoms with Gasteiger partial charge in [-0.2, -0.15) is 0 Å². The summed E-state index contributed by atoms with van der Waals surface area (Å²) in [6.07, 6.45) is 4.51. The maximum absolute atomic E-state index is 13.0. The molecule has 0 fully saturated rings. The highest BCUT2D eigenvalue weighted by atomic mass is 16.5. The van der Waals surface area contributed by atoms with Gasteiger partial charge in [-0.15, -0.1) is 0 Å². The van der Waals surface area contributed by atoms with Crippen molar-refractivity contribution in [2.45, 2.75) is 32.7 Å². The molecule has 0 aliphatic carbocycles. The Morgan fingerprint density at radius 2 is 2.14 bits per heavy atom. The van der Waals surface area contributed by atoms with E-state index in [2.05, 4.69) is 17.2 Å². The zero-order valence-corrected chi connectivity index (χ0v) is 16.2. The number of carbonyl (C=O) groups is 1. The first kappa shape index (κ1) is 19.8. The van der Waals surface area contributed by atoms with Gasteiger partial charge in [0.25, 0.3) is 11.5 Å². The molecule has 0 radical (unpaired) electrons. The molecule has 8 heteroatoms. The van der Waals surface area contributed by atoms with E-state index in [1.165, 1.54) is 10.5 Å². The van der Waals surface area contributed by atoms with Crippen molar-refractivity contribution in [3.63, 3.8) is 0 Å². The number of hydrogen-bond acceptors (Lipinski definition) is 5. The maximum atomic E-state index is 13.0. The molecule has 0 atom stereocenters. The molecule has 0 unspecified atom stereocenters. The van der Waals surface area contributed by atoms with Crippen LogP contribution in [0, 0.1) is 5.41 Å². The van der Waals surface area contributed by atoms with Crippen LogP contribution in [0.25, 0.3) is 16.7 Å². The predicted octanol–water partition coefficient (Wildman–Crippen LogP) is 1.70. The number of unbranched alkanes of at least 4 members (excludes halogenated alkanes) is 2. The summed E-state index contributed by atoms with van der Waals surface area (Å²) in [4.78, 5) is 30.2. The van der Waals surface area contributed by atoms with E-state index in [-0.39, 0.29) is 16.6 Å². The number of nitrogens with one attached hydrogen (secondary N) is 2. The molecule has 3 aromatic heterocycles. The number of nitrogens with zero attached hydrogens (tertiary/aromatic N) is 3. The van der Waals surface area contributed by atoms with Crippen LogP contribution >= 0.6 is 0 Å². The molecule has 0 bridgehead atoms. The fraction of sp³-hybridized carbons (Fsp3) is 0.400. The predicted molar refractivity (Wildman–Crippen MR) is 107 cm³/mol. The highest BCUT2D eigenvalue weighted by molar-refractivity contribution is 5.96. The molecule has 8 nitrogen and oxygen atoms in total. The minimum atomic E-state index is -0.397. The minimum Gasteiger partial charge on any atom is -0.383 e. The number of fused-ring (bicyclic) bond motifs is 2.